The molecule has 0 bridgehead atoms. The van der Waals surface area contributed by atoms with E-state index in [1.54, 1.807) is 12.1 Å². The van der Waals surface area contributed by atoms with E-state index < -0.39 is 5.54 Å². The Morgan fingerprint density at radius 1 is 1.43 bits per heavy atom. The number of rotatable bonds is 3. The fraction of sp³-hybridized carbons (Fsp3) is 0.500. The Kier molecular flexibility index (Phi) is 4.52. The molecule has 0 unspecified atom stereocenters. The molecule has 4 nitrogen and oxygen atoms in total. The van der Waals surface area contributed by atoms with E-state index in [0.29, 0.717) is 10.9 Å². The van der Waals surface area contributed by atoms with Crippen molar-refractivity contribution >= 4 is 23.1 Å². The van der Waals surface area contributed by atoms with E-state index in [-0.39, 0.29) is 17.2 Å². The highest BCUT2D eigenvalue weighted by molar-refractivity contribution is 7.80. The smallest absolute Gasteiger partial charge is 0.255 e. The molecule has 2 rings (SSSR count). The first-order chi connectivity index (χ1) is 9.84. The Bertz CT molecular complexity index is 563. The fourth-order valence-corrected chi connectivity index (χ4v) is 3.06. The van der Waals surface area contributed by atoms with E-state index in [2.05, 4.69) is 12.2 Å². The second-order valence-electron chi connectivity index (χ2n) is 6.10. The maximum absolute atomic E-state index is 12.5. The number of benzene rings is 1. The molecule has 0 atom stereocenters. The monoisotopic (exact) mass is 306 g/mol. The SMILES string of the molecule is Cc1ccc(O)c(C(=O)NC2(C(N)=S)CCC(C)CC2)c1. The first kappa shape index (κ1) is 15.8. The molecule has 1 fully saturated rings. The lowest BCUT2D eigenvalue weighted by Gasteiger charge is -2.39. The van der Waals surface area contributed by atoms with Gasteiger partial charge >= 0.3 is 0 Å². The summed E-state index contributed by atoms with van der Waals surface area (Å²) in [4.78, 5) is 12.8. The van der Waals surface area contributed by atoms with Crippen molar-refractivity contribution in [1.82, 2.24) is 5.32 Å². The van der Waals surface area contributed by atoms with Crippen molar-refractivity contribution < 1.29 is 9.90 Å². The van der Waals surface area contributed by atoms with Gasteiger partial charge in [-0.2, -0.15) is 0 Å². The molecule has 0 aliphatic heterocycles. The summed E-state index contributed by atoms with van der Waals surface area (Å²) in [6.45, 7) is 4.07. The van der Waals surface area contributed by atoms with Crippen LogP contribution in [-0.2, 0) is 0 Å². The van der Waals surface area contributed by atoms with Crippen LogP contribution in [0.5, 0.6) is 5.75 Å². The third-order valence-corrected chi connectivity index (χ3v) is 4.74. The van der Waals surface area contributed by atoms with Gasteiger partial charge < -0.3 is 16.2 Å². The zero-order chi connectivity index (χ0) is 15.6. The van der Waals surface area contributed by atoms with Crippen LogP contribution in [-0.4, -0.2) is 21.5 Å². The van der Waals surface area contributed by atoms with E-state index in [1.165, 1.54) is 6.07 Å². The molecule has 0 heterocycles. The summed E-state index contributed by atoms with van der Waals surface area (Å²) < 4.78 is 0. The van der Waals surface area contributed by atoms with Gasteiger partial charge in [-0.05, 0) is 50.7 Å². The van der Waals surface area contributed by atoms with E-state index in [0.717, 1.165) is 31.2 Å². The topological polar surface area (TPSA) is 75.3 Å². The van der Waals surface area contributed by atoms with Crippen LogP contribution in [0.15, 0.2) is 18.2 Å². The highest BCUT2D eigenvalue weighted by Gasteiger charge is 2.38. The molecule has 1 aliphatic rings. The van der Waals surface area contributed by atoms with Gasteiger partial charge in [0.2, 0.25) is 0 Å². The molecule has 21 heavy (non-hydrogen) atoms. The number of hydrogen-bond acceptors (Lipinski definition) is 3. The summed E-state index contributed by atoms with van der Waals surface area (Å²) in [6.07, 6.45) is 3.47. The summed E-state index contributed by atoms with van der Waals surface area (Å²) in [6, 6.07) is 4.96. The van der Waals surface area contributed by atoms with Gasteiger partial charge in [-0.25, -0.2) is 0 Å². The Hall–Kier alpha value is -1.62. The molecule has 0 radical (unpaired) electrons. The van der Waals surface area contributed by atoms with Crippen LogP contribution in [0.3, 0.4) is 0 Å². The lowest BCUT2D eigenvalue weighted by molar-refractivity contribution is 0.0898. The summed E-state index contributed by atoms with van der Waals surface area (Å²) in [5, 5.41) is 12.8. The zero-order valence-electron chi connectivity index (χ0n) is 12.5. The molecule has 1 saturated carbocycles. The van der Waals surface area contributed by atoms with E-state index in [4.69, 9.17) is 18.0 Å². The van der Waals surface area contributed by atoms with Crippen LogP contribution in [0.1, 0.15) is 48.5 Å². The summed E-state index contributed by atoms with van der Waals surface area (Å²) in [5.41, 5.74) is 6.45. The van der Waals surface area contributed by atoms with Gasteiger partial charge in [0.05, 0.1) is 16.1 Å². The number of amides is 1. The first-order valence-corrected chi connectivity index (χ1v) is 7.67. The van der Waals surface area contributed by atoms with Crippen molar-refractivity contribution in [1.29, 1.82) is 0 Å². The van der Waals surface area contributed by atoms with Crippen LogP contribution in [0.2, 0.25) is 0 Å². The number of carbonyl (C=O) groups is 1. The second-order valence-corrected chi connectivity index (χ2v) is 6.54. The highest BCUT2D eigenvalue weighted by atomic mass is 32.1. The minimum atomic E-state index is -0.630. The zero-order valence-corrected chi connectivity index (χ0v) is 13.3. The van der Waals surface area contributed by atoms with Crippen LogP contribution in [0, 0.1) is 12.8 Å². The van der Waals surface area contributed by atoms with E-state index >= 15 is 0 Å². The Morgan fingerprint density at radius 2 is 2.05 bits per heavy atom. The Balaban J connectivity index is 2.23. The number of phenolic OH excluding ortho intramolecular Hbond substituents is 1. The minimum Gasteiger partial charge on any atom is -0.507 e. The molecule has 1 aromatic carbocycles. The van der Waals surface area contributed by atoms with Crippen LogP contribution in [0.4, 0.5) is 0 Å². The van der Waals surface area contributed by atoms with Crippen LogP contribution < -0.4 is 11.1 Å². The maximum atomic E-state index is 12.5. The number of carbonyl (C=O) groups excluding carboxylic acids is 1. The Morgan fingerprint density at radius 3 is 2.62 bits per heavy atom. The van der Waals surface area contributed by atoms with Crippen molar-refractivity contribution in [3.63, 3.8) is 0 Å². The number of thiocarbonyl (C=S) groups is 1. The predicted octanol–water partition coefficient (Wildman–Crippen LogP) is 2.67. The normalized spacial score (nSPS) is 25.3. The third-order valence-electron chi connectivity index (χ3n) is 4.35. The van der Waals surface area contributed by atoms with Gasteiger partial charge in [-0.1, -0.05) is 30.8 Å². The van der Waals surface area contributed by atoms with E-state index in [1.807, 2.05) is 6.92 Å². The van der Waals surface area contributed by atoms with Gasteiger partial charge in [0.25, 0.3) is 5.91 Å². The summed E-state index contributed by atoms with van der Waals surface area (Å²) in [7, 11) is 0. The van der Waals surface area contributed by atoms with Crippen molar-refractivity contribution in [3.8, 4) is 5.75 Å². The molecule has 0 saturated heterocycles. The molecule has 1 aliphatic carbocycles. The standard InChI is InChI=1S/C16H22N2O2S/c1-10-5-7-16(8-6-10,15(17)21)18-14(20)12-9-11(2)3-4-13(12)19/h3-4,9-10,19H,5-8H2,1-2H3,(H2,17,21)(H,18,20). The van der Waals surface area contributed by atoms with Gasteiger partial charge in [0, 0.05) is 0 Å². The number of aromatic hydroxyl groups is 1. The fourth-order valence-electron chi connectivity index (χ4n) is 2.80. The van der Waals surface area contributed by atoms with Crippen molar-refractivity contribution in [3.05, 3.63) is 29.3 Å². The molecule has 1 aromatic rings. The number of aryl methyl sites for hydroxylation is 1. The molecule has 4 N–H and O–H groups in total. The molecular weight excluding hydrogens is 284 g/mol. The van der Waals surface area contributed by atoms with Crippen molar-refractivity contribution in [2.24, 2.45) is 11.7 Å². The molecular formula is C16H22N2O2S. The lowest BCUT2D eigenvalue weighted by atomic mass is 9.77. The summed E-state index contributed by atoms with van der Waals surface area (Å²) >= 11 is 5.19. The number of nitrogens with two attached hydrogens (primary N) is 1. The molecule has 0 spiro atoms. The molecule has 5 heteroatoms. The number of nitrogens with one attached hydrogen (secondary N) is 1. The van der Waals surface area contributed by atoms with Gasteiger partial charge in [0.15, 0.2) is 0 Å². The van der Waals surface area contributed by atoms with Crippen LogP contribution >= 0.6 is 12.2 Å². The second kappa shape index (κ2) is 6.02. The minimum absolute atomic E-state index is 0.0274. The number of hydrogen-bond donors (Lipinski definition) is 3. The van der Waals surface area contributed by atoms with Gasteiger partial charge in [-0.15, -0.1) is 0 Å². The third kappa shape index (κ3) is 3.35. The first-order valence-electron chi connectivity index (χ1n) is 7.26. The summed E-state index contributed by atoms with van der Waals surface area (Å²) in [5.74, 6) is 0.274. The van der Waals surface area contributed by atoms with Crippen molar-refractivity contribution in [2.45, 2.75) is 45.1 Å². The molecule has 0 aromatic heterocycles. The quantitative estimate of drug-likeness (QED) is 0.751. The predicted molar refractivity (Wildman–Crippen MR) is 87.5 cm³/mol. The van der Waals surface area contributed by atoms with Gasteiger partial charge in [0.1, 0.15) is 5.75 Å². The molecule has 1 amide bonds. The van der Waals surface area contributed by atoms with E-state index in [9.17, 15) is 9.90 Å². The van der Waals surface area contributed by atoms with Crippen LogP contribution in [0.25, 0.3) is 0 Å². The largest absolute Gasteiger partial charge is 0.507 e. The lowest BCUT2D eigenvalue weighted by Crippen LogP contribution is -2.58. The average Bonchev–Trinajstić information content (AvgIpc) is 2.44. The molecule has 114 valence electrons. The average molecular weight is 306 g/mol. The maximum Gasteiger partial charge on any atom is 0.255 e. The number of phenols is 1. The van der Waals surface area contributed by atoms with Crippen molar-refractivity contribution in [2.75, 3.05) is 0 Å². The van der Waals surface area contributed by atoms with Gasteiger partial charge in [-0.3, -0.25) is 4.79 Å². The highest BCUT2D eigenvalue weighted by Crippen LogP contribution is 2.33. The Labute approximate surface area is 130 Å².